The van der Waals surface area contributed by atoms with Crippen molar-refractivity contribution in [2.75, 3.05) is 11.4 Å². The van der Waals surface area contributed by atoms with E-state index in [9.17, 15) is 18.4 Å². The zero-order valence-corrected chi connectivity index (χ0v) is 21.0. The van der Waals surface area contributed by atoms with E-state index in [2.05, 4.69) is 20.6 Å². The Labute approximate surface area is 218 Å². The van der Waals surface area contributed by atoms with Crippen LogP contribution in [0.15, 0.2) is 42.7 Å². The number of fused-ring (bicyclic) bond motifs is 1. The fourth-order valence-electron chi connectivity index (χ4n) is 5.89. The number of benzene rings is 1. The third kappa shape index (κ3) is 4.80. The van der Waals surface area contributed by atoms with Crippen molar-refractivity contribution in [3.63, 3.8) is 0 Å². The first-order chi connectivity index (χ1) is 18.2. The SMILES string of the molecule is C[C@]1(c2cc(F)ccc2F)CCCN1c1ccn2ncc(C(=O)NC3CCC(C(=N)NC(=O)O)CC3)c2c1. The summed E-state index contributed by atoms with van der Waals surface area (Å²) in [4.78, 5) is 26.1. The fraction of sp³-hybridized carbons (Fsp3) is 0.407. The van der Waals surface area contributed by atoms with E-state index in [1.54, 1.807) is 10.7 Å². The van der Waals surface area contributed by atoms with Gasteiger partial charge in [-0.25, -0.2) is 18.1 Å². The van der Waals surface area contributed by atoms with E-state index < -0.39 is 23.3 Å². The van der Waals surface area contributed by atoms with Crippen LogP contribution in [0.2, 0.25) is 0 Å². The second-order valence-electron chi connectivity index (χ2n) is 10.3. The van der Waals surface area contributed by atoms with Crippen molar-refractivity contribution in [2.45, 2.75) is 57.0 Å². The lowest BCUT2D eigenvalue weighted by Crippen LogP contribution is -2.41. The summed E-state index contributed by atoms with van der Waals surface area (Å²) in [6, 6.07) is 7.18. The van der Waals surface area contributed by atoms with Crippen molar-refractivity contribution in [3.8, 4) is 0 Å². The quantitative estimate of drug-likeness (QED) is 0.286. The molecule has 9 nitrogen and oxygen atoms in total. The Kier molecular flexibility index (Phi) is 6.77. The number of aromatic nitrogens is 2. The van der Waals surface area contributed by atoms with Gasteiger partial charge in [0.1, 0.15) is 17.5 Å². The highest BCUT2D eigenvalue weighted by atomic mass is 19.1. The van der Waals surface area contributed by atoms with Gasteiger partial charge in [-0.1, -0.05) is 0 Å². The van der Waals surface area contributed by atoms with Crippen LogP contribution in [0.1, 0.15) is 61.4 Å². The first kappa shape index (κ1) is 25.6. The Morgan fingerprint density at radius 3 is 2.66 bits per heavy atom. The lowest BCUT2D eigenvalue weighted by Gasteiger charge is -2.38. The molecule has 200 valence electrons. The Hall–Kier alpha value is -4.02. The number of carbonyl (C=O) groups excluding carboxylic acids is 1. The van der Waals surface area contributed by atoms with Gasteiger partial charge in [0.15, 0.2) is 0 Å². The monoisotopic (exact) mass is 524 g/mol. The molecule has 3 heterocycles. The van der Waals surface area contributed by atoms with Gasteiger partial charge >= 0.3 is 6.09 Å². The van der Waals surface area contributed by atoms with Crippen LogP contribution in [0.3, 0.4) is 0 Å². The maximum Gasteiger partial charge on any atom is 0.410 e. The molecule has 0 unspecified atom stereocenters. The molecule has 1 aliphatic heterocycles. The zero-order valence-electron chi connectivity index (χ0n) is 21.0. The largest absolute Gasteiger partial charge is 0.465 e. The summed E-state index contributed by atoms with van der Waals surface area (Å²) < 4.78 is 30.4. The average Bonchev–Trinajstić information content (AvgIpc) is 3.49. The molecule has 0 radical (unpaired) electrons. The number of halogens is 2. The van der Waals surface area contributed by atoms with Gasteiger partial charge in [-0.2, -0.15) is 5.10 Å². The number of amides is 2. The molecule has 1 aromatic carbocycles. The van der Waals surface area contributed by atoms with Gasteiger partial charge in [-0.05, 0) is 75.8 Å². The first-order valence-electron chi connectivity index (χ1n) is 12.8. The Morgan fingerprint density at radius 1 is 1.16 bits per heavy atom. The third-order valence-corrected chi connectivity index (χ3v) is 7.92. The maximum absolute atomic E-state index is 14.8. The van der Waals surface area contributed by atoms with Gasteiger partial charge in [-0.3, -0.25) is 15.5 Å². The molecule has 11 heteroatoms. The first-order valence-corrected chi connectivity index (χ1v) is 12.8. The van der Waals surface area contributed by atoms with Gasteiger partial charge < -0.3 is 15.3 Å². The van der Waals surface area contributed by atoms with Gasteiger partial charge in [0.2, 0.25) is 0 Å². The Morgan fingerprint density at radius 2 is 1.92 bits per heavy atom. The number of carboxylic acid groups (broad SMARTS) is 1. The predicted molar refractivity (Wildman–Crippen MR) is 138 cm³/mol. The van der Waals surface area contributed by atoms with Crippen LogP contribution in [-0.2, 0) is 5.54 Å². The van der Waals surface area contributed by atoms with E-state index in [4.69, 9.17) is 10.5 Å². The number of nitrogens with zero attached hydrogens (tertiary/aromatic N) is 3. The molecule has 1 atom stereocenters. The molecule has 4 N–H and O–H groups in total. The third-order valence-electron chi connectivity index (χ3n) is 7.92. The standard InChI is InChI=1S/C27H30F2N6O3/c1-27(21-13-17(28)5-8-22(21)29)10-2-11-34(27)19-9-12-35-23(14-19)20(15-31-35)25(36)32-18-6-3-16(4-7-18)24(30)33-26(37)38/h5,8-9,12-16,18H,2-4,6-7,10-11H2,1H3,(H2,30,33)(H,32,36)(H,37,38)/t16?,18?,27-/m1/s1. The second-order valence-corrected chi connectivity index (χ2v) is 10.3. The molecule has 0 bridgehead atoms. The van der Waals surface area contributed by atoms with E-state index in [-0.39, 0.29) is 23.7 Å². The molecule has 1 aliphatic carbocycles. The molecule has 38 heavy (non-hydrogen) atoms. The van der Waals surface area contributed by atoms with Gasteiger partial charge in [-0.15, -0.1) is 0 Å². The minimum atomic E-state index is -1.24. The van der Waals surface area contributed by atoms with Crippen LogP contribution < -0.4 is 15.5 Å². The summed E-state index contributed by atoms with van der Waals surface area (Å²) in [5, 5.41) is 26.2. The summed E-state index contributed by atoms with van der Waals surface area (Å²) in [5.41, 5.74) is 1.38. The molecule has 1 saturated heterocycles. The summed E-state index contributed by atoms with van der Waals surface area (Å²) in [6.07, 6.45) is 5.98. The molecular weight excluding hydrogens is 494 g/mol. The Bertz CT molecular complexity index is 1400. The van der Waals surface area contributed by atoms with E-state index >= 15 is 0 Å². The second kappa shape index (κ2) is 10.0. The number of hydrogen-bond donors (Lipinski definition) is 4. The van der Waals surface area contributed by atoms with Crippen LogP contribution in [-0.4, -0.2) is 45.1 Å². The van der Waals surface area contributed by atoms with Crippen LogP contribution in [0.25, 0.3) is 5.52 Å². The zero-order chi connectivity index (χ0) is 27.0. The highest BCUT2D eigenvalue weighted by Gasteiger charge is 2.40. The summed E-state index contributed by atoms with van der Waals surface area (Å²) in [7, 11) is 0. The summed E-state index contributed by atoms with van der Waals surface area (Å²) >= 11 is 0. The molecule has 1 saturated carbocycles. The topological polar surface area (TPSA) is 123 Å². The number of pyridine rings is 1. The van der Waals surface area contributed by atoms with Crippen LogP contribution in [0, 0.1) is 23.0 Å². The molecular formula is C27H30F2N6O3. The minimum Gasteiger partial charge on any atom is -0.465 e. The molecule has 2 aromatic heterocycles. The van der Waals surface area contributed by atoms with E-state index in [1.807, 2.05) is 19.1 Å². The van der Waals surface area contributed by atoms with Gasteiger partial charge in [0, 0.05) is 36.0 Å². The van der Waals surface area contributed by atoms with Crippen molar-refractivity contribution < 1.29 is 23.5 Å². The molecule has 2 aliphatic rings. The van der Waals surface area contributed by atoms with Crippen LogP contribution in [0.5, 0.6) is 0 Å². The van der Waals surface area contributed by atoms with Crippen molar-refractivity contribution >= 4 is 29.0 Å². The van der Waals surface area contributed by atoms with E-state index in [0.717, 1.165) is 24.2 Å². The van der Waals surface area contributed by atoms with Crippen molar-refractivity contribution in [1.29, 1.82) is 5.41 Å². The average molecular weight is 525 g/mol. The lowest BCUT2D eigenvalue weighted by molar-refractivity contribution is 0.0927. The van der Waals surface area contributed by atoms with Crippen molar-refractivity contribution in [2.24, 2.45) is 5.92 Å². The van der Waals surface area contributed by atoms with Crippen molar-refractivity contribution in [3.05, 3.63) is 65.5 Å². The number of amidine groups is 1. The molecule has 0 spiro atoms. The van der Waals surface area contributed by atoms with Crippen molar-refractivity contribution in [1.82, 2.24) is 20.2 Å². The maximum atomic E-state index is 14.8. The summed E-state index contributed by atoms with van der Waals surface area (Å²) in [5.74, 6) is -1.38. The summed E-state index contributed by atoms with van der Waals surface area (Å²) in [6.45, 7) is 2.57. The highest BCUT2D eigenvalue weighted by Crippen LogP contribution is 2.43. The smallest absolute Gasteiger partial charge is 0.410 e. The minimum absolute atomic E-state index is 0.00975. The number of carbonyl (C=O) groups is 2. The number of anilines is 1. The number of rotatable bonds is 5. The van der Waals surface area contributed by atoms with E-state index in [0.29, 0.717) is 55.3 Å². The fourth-order valence-corrected chi connectivity index (χ4v) is 5.89. The number of hydrogen-bond acceptors (Lipinski definition) is 5. The molecule has 2 fully saturated rings. The van der Waals surface area contributed by atoms with E-state index in [1.165, 1.54) is 12.3 Å². The number of nitrogens with one attached hydrogen (secondary N) is 3. The molecule has 5 rings (SSSR count). The molecule has 3 aromatic rings. The van der Waals surface area contributed by atoms with Crippen LogP contribution in [0.4, 0.5) is 19.3 Å². The molecule has 2 amide bonds. The predicted octanol–water partition coefficient (Wildman–Crippen LogP) is 4.66. The Balaban J connectivity index is 1.34. The lowest BCUT2D eigenvalue weighted by atomic mass is 9.85. The highest BCUT2D eigenvalue weighted by molar-refractivity contribution is 6.01. The van der Waals surface area contributed by atoms with Gasteiger partial charge in [0.25, 0.3) is 5.91 Å². The normalized spacial score (nSPS) is 23.4. The van der Waals surface area contributed by atoms with Crippen LogP contribution >= 0.6 is 0 Å². The van der Waals surface area contributed by atoms with Gasteiger partial charge in [0.05, 0.1) is 22.8 Å².